The summed E-state index contributed by atoms with van der Waals surface area (Å²) in [5, 5.41) is 1.65. The molecule has 118 valence electrons. The molecule has 0 aliphatic rings. The molecule has 0 unspecified atom stereocenters. The number of halogens is 1. The van der Waals surface area contributed by atoms with Crippen LogP contribution < -0.4 is 4.74 Å². The lowest BCUT2D eigenvalue weighted by Crippen LogP contribution is -2.12. The van der Waals surface area contributed by atoms with Crippen molar-refractivity contribution in [3.8, 4) is 5.88 Å². The lowest BCUT2D eigenvalue weighted by atomic mass is 10.1. The average molecular weight is 382 g/mol. The molecule has 24 heavy (non-hydrogen) atoms. The number of rotatable bonds is 4. The predicted octanol–water partition coefficient (Wildman–Crippen LogP) is 4.14. The molecule has 0 atom stereocenters. The van der Waals surface area contributed by atoms with Crippen molar-refractivity contribution in [2.45, 2.75) is 0 Å². The fourth-order valence-corrected chi connectivity index (χ4v) is 3.00. The second-order valence-electron chi connectivity index (χ2n) is 5.30. The van der Waals surface area contributed by atoms with E-state index in [-0.39, 0.29) is 12.4 Å². The minimum absolute atomic E-state index is 0.0829. The van der Waals surface area contributed by atoms with Gasteiger partial charge in [0.05, 0.1) is 10.9 Å². The Labute approximate surface area is 145 Å². The van der Waals surface area contributed by atoms with Crippen LogP contribution in [-0.2, 0) is 0 Å². The van der Waals surface area contributed by atoms with Crippen LogP contribution in [0.25, 0.3) is 21.8 Å². The normalized spacial score (nSPS) is 11.0. The summed E-state index contributed by atoms with van der Waals surface area (Å²) in [7, 11) is 0. The molecule has 2 aromatic heterocycles. The highest BCUT2D eigenvalue weighted by Crippen LogP contribution is 2.25. The molecule has 0 aliphatic heterocycles. The van der Waals surface area contributed by atoms with Crippen molar-refractivity contribution in [1.82, 2.24) is 15.0 Å². The first-order valence-corrected chi connectivity index (χ1v) is 8.14. The van der Waals surface area contributed by atoms with Gasteiger partial charge in [-0.25, -0.2) is 9.97 Å². The Balaban J connectivity index is 1.61. The third kappa shape index (κ3) is 2.65. The summed E-state index contributed by atoms with van der Waals surface area (Å²) in [5.41, 5.74) is 2.31. The van der Waals surface area contributed by atoms with Gasteiger partial charge in [0, 0.05) is 27.1 Å². The quantitative estimate of drug-likeness (QED) is 0.539. The van der Waals surface area contributed by atoms with Gasteiger partial charge < -0.3 is 9.72 Å². The van der Waals surface area contributed by atoms with Gasteiger partial charge in [-0.05, 0) is 24.3 Å². The van der Waals surface area contributed by atoms with E-state index in [1.54, 1.807) is 6.20 Å². The van der Waals surface area contributed by atoms with E-state index in [1.807, 2.05) is 42.5 Å². The van der Waals surface area contributed by atoms with Crippen molar-refractivity contribution in [2.75, 3.05) is 6.61 Å². The maximum atomic E-state index is 12.5. The SMILES string of the molecule is O=C(COc1ncnc2ccc(Br)cc12)c1c[nH]c2ccccc12. The molecule has 0 radical (unpaired) electrons. The number of carbonyl (C=O) groups excluding carboxylic acids is 1. The topological polar surface area (TPSA) is 67.9 Å². The number of aromatic nitrogens is 3. The molecule has 4 rings (SSSR count). The molecule has 0 spiro atoms. The van der Waals surface area contributed by atoms with Crippen LogP contribution in [0.2, 0.25) is 0 Å². The van der Waals surface area contributed by atoms with Crippen LogP contribution in [0.15, 0.2) is 59.5 Å². The summed E-state index contributed by atoms with van der Waals surface area (Å²) in [6.07, 6.45) is 3.15. The van der Waals surface area contributed by atoms with E-state index in [4.69, 9.17) is 4.74 Å². The number of ketones is 1. The molecule has 0 saturated heterocycles. The van der Waals surface area contributed by atoms with Gasteiger partial charge in [0.2, 0.25) is 11.7 Å². The fraction of sp³-hybridized carbons (Fsp3) is 0.0556. The molecule has 6 heteroatoms. The van der Waals surface area contributed by atoms with Crippen LogP contribution in [-0.4, -0.2) is 27.3 Å². The molecular weight excluding hydrogens is 370 g/mol. The molecule has 2 heterocycles. The van der Waals surface area contributed by atoms with Crippen LogP contribution in [0.4, 0.5) is 0 Å². The second-order valence-corrected chi connectivity index (χ2v) is 6.22. The number of benzene rings is 2. The van der Waals surface area contributed by atoms with Crippen molar-refractivity contribution in [2.24, 2.45) is 0 Å². The monoisotopic (exact) mass is 381 g/mol. The van der Waals surface area contributed by atoms with Gasteiger partial charge in [0.15, 0.2) is 6.61 Å². The van der Waals surface area contributed by atoms with Gasteiger partial charge in [-0.2, -0.15) is 0 Å². The molecule has 0 bridgehead atoms. The van der Waals surface area contributed by atoms with Crippen LogP contribution in [0.5, 0.6) is 5.88 Å². The second kappa shape index (κ2) is 6.05. The number of para-hydroxylation sites is 1. The number of H-pyrrole nitrogens is 1. The zero-order chi connectivity index (χ0) is 16.5. The first kappa shape index (κ1) is 14.8. The van der Waals surface area contributed by atoms with Gasteiger partial charge in [-0.15, -0.1) is 0 Å². The maximum absolute atomic E-state index is 12.5. The van der Waals surface area contributed by atoms with E-state index in [9.17, 15) is 4.79 Å². The number of nitrogens with zero attached hydrogens (tertiary/aromatic N) is 2. The van der Waals surface area contributed by atoms with Gasteiger partial charge >= 0.3 is 0 Å². The smallest absolute Gasteiger partial charge is 0.224 e. The van der Waals surface area contributed by atoms with Crippen molar-refractivity contribution in [3.05, 3.63) is 65.0 Å². The van der Waals surface area contributed by atoms with Crippen molar-refractivity contribution < 1.29 is 9.53 Å². The minimum Gasteiger partial charge on any atom is -0.469 e. The molecule has 4 aromatic rings. The van der Waals surface area contributed by atoms with E-state index in [0.717, 1.165) is 26.3 Å². The van der Waals surface area contributed by atoms with Crippen LogP contribution >= 0.6 is 15.9 Å². The number of Topliss-reactive ketones (excluding diaryl/α,β-unsaturated/α-hetero) is 1. The number of nitrogens with one attached hydrogen (secondary N) is 1. The van der Waals surface area contributed by atoms with Crippen molar-refractivity contribution in [3.63, 3.8) is 0 Å². The Kier molecular flexibility index (Phi) is 3.74. The Bertz CT molecular complexity index is 1060. The highest BCUT2D eigenvalue weighted by Gasteiger charge is 2.14. The number of hydrogen-bond acceptors (Lipinski definition) is 4. The Morgan fingerprint density at radius 2 is 2.00 bits per heavy atom. The summed E-state index contributed by atoms with van der Waals surface area (Å²) in [4.78, 5) is 23.9. The summed E-state index contributed by atoms with van der Waals surface area (Å²) < 4.78 is 6.57. The molecule has 2 aromatic carbocycles. The number of fused-ring (bicyclic) bond motifs is 2. The first-order chi connectivity index (χ1) is 11.7. The molecule has 0 fully saturated rings. The first-order valence-electron chi connectivity index (χ1n) is 7.35. The Morgan fingerprint density at radius 1 is 1.12 bits per heavy atom. The minimum atomic E-state index is -0.103. The zero-order valence-electron chi connectivity index (χ0n) is 12.5. The third-order valence-electron chi connectivity index (χ3n) is 3.79. The summed E-state index contributed by atoms with van der Waals surface area (Å²) in [6, 6.07) is 13.3. The number of carbonyl (C=O) groups is 1. The van der Waals surface area contributed by atoms with Crippen LogP contribution in [0.3, 0.4) is 0 Å². The van der Waals surface area contributed by atoms with E-state index < -0.39 is 0 Å². The molecule has 1 N–H and O–H groups in total. The van der Waals surface area contributed by atoms with Crippen LogP contribution in [0.1, 0.15) is 10.4 Å². The van der Waals surface area contributed by atoms with Gasteiger partial charge in [-0.1, -0.05) is 34.1 Å². The molecule has 0 saturated carbocycles. The zero-order valence-corrected chi connectivity index (χ0v) is 14.1. The predicted molar refractivity (Wildman–Crippen MR) is 95.4 cm³/mol. The maximum Gasteiger partial charge on any atom is 0.224 e. The van der Waals surface area contributed by atoms with Crippen molar-refractivity contribution in [1.29, 1.82) is 0 Å². The van der Waals surface area contributed by atoms with E-state index in [1.165, 1.54) is 6.33 Å². The Morgan fingerprint density at radius 3 is 2.92 bits per heavy atom. The summed E-state index contributed by atoms with van der Waals surface area (Å²) >= 11 is 3.42. The third-order valence-corrected chi connectivity index (χ3v) is 4.28. The Hall–Kier alpha value is -2.73. The van der Waals surface area contributed by atoms with E-state index >= 15 is 0 Å². The lowest BCUT2D eigenvalue weighted by molar-refractivity contribution is 0.0921. The number of aromatic amines is 1. The average Bonchev–Trinajstić information content (AvgIpc) is 3.04. The molecular formula is C18H12BrN3O2. The van der Waals surface area contributed by atoms with E-state index in [0.29, 0.717) is 11.4 Å². The lowest BCUT2D eigenvalue weighted by Gasteiger charge is -2.07. The standard InChI is InChI=1S/C18H12BrN3O2/c19-11-5-6-16-13(7-11)18(22-10-21-16)24-9-17(23)14-8-20-15-4-2-1-3-12(14)15/h1-8,10,20H,9H2. The summed E-state index contributed by atoms with van der Waals surface area (Å²) in [6.45, 7) is -0.0829. The summed E-state index contributed by atoms with van der Waals surface area (Å²) in [5.74, 6) is 0.295. The van der Waals surface area contributed by atoms with Crippen LogP contribution in [0, 0.1) is 0 Å². The largest absolute Gasteiger partial charge is 0.469 e. The van der Waals surface area contributed by atoms with E-state index in [2.05, 4.69) is 30.9 Å². The van der Waals surface area contributed by atoms with Crippen molar-refractivity contribution >= 4 is 43.5 Å². The molecule has 5 nitrogen and oxygen atoms in total. The molecule has 0 amide bonds. The molecule has 0 aliphatic carbocycles. The van der Waals surface area contributed by atoms with Gasteiger partial charge in [0.1, 0.15) is 6.33 Å². The fourth-order valence-electron chi connectivity index (χ4n) is 2.63. The van der Waals surface area contributed by atoms with Gasteiger partial charge in [0.25, 0.3) is 0 Å². The number of ether oxygens (including phenoxy) is 1. The van der Waals surface area contributed by atoms with Gasteiger partial charge in [-0.3, -0.25) is 4.79 Å². The highest BCUT2D eigenvalue weighted by atomic mass is 79.9. The highest BCUT2D eigenvalue weighted by molar-refractivity contribution is 9.10. The number of hydrogen-bond donors (Lipinski definition) is 1.